The first kappa shape index (κ1) is 14.3. The highest BCUT2D eigenvalue weighted by molar-refractivity contribution is 5.76. The van der Waals surface area contributed by atoms with Crippen LogP contribution in [0.5, 0.6) is 0 Å². The maximum atomic E-state index is 11.4. The summed E-state index contributed by atoms with van der Waals surface area (Å²) in [6.45, 7) is 0.177. The topological polar surface area (TPSA) is 111 Å². The van der Waals surface area contributed by atoms with E-state index in [0.717, 1.165) is 0 Å². The zero-order valence-corrected chi connectivity index (χ0v) is 9.80. The molecule has 17 heavy (non-hydrogen) atoms. The monoisotopic (exact) mass is 248 g/mol. The Kier molecular flexibility index (Phi) is 5.79. The number of aliphatic hydroxyl groups excluding tert-OH is 3. The van der Waals surface area contributed by atoms with E-state index in [2.05, 4.69) is 10.6 Å². The maximum absolute atomic E-state index is 11.4. The molecule has 4 atom stereocenters. The molecule has 3 unspecified atom stereocenters. The summed E-state index contributed by atoms with van der Waals surface area (Å²) in [7, 11) is 1.74. The molecule has 0 aromatic carbocycles. The van der Waals surface area contributed by atoms with Gasteiger partial charge >= 0.3 is 0 Å². The fourth-order valence-corrected chi connectivity index (χ4v) is 1.71. The molecule has 7 nitrogen and oxygen atoms in total. The van der Waals surface area contributed by atoms with Crippen molar-refractivity contribution in [2.45, 2.75) is 37.4 Å². The molecule has 0 spiro atoms. The van der Waals surface area contributed by atoms with Crippen molar-refractivity contribution in [2.75, 3.05) is 20.2 Å². The van der Waals surface area contributed by atoms with E-state index in [4.69, 9.17) is 9.84 Å². The fourth-order valence-electron chi connectivity index (χ4n) is 1.71. The summed E-state index contributed by atoms with van der Waals surface area (Å²) in [5.41, 5.74) is 0. The van der Waals surface area contributed by atoms with Crippen molar-refractivity contribution in [1.29, 1.82) is 0 Å². The van der Waals surface area contributed by atoms with Crippen LogP contribution in [0.4, 0.5) is 0 Å². The highest BCUT2D eigenvalue weighted by atomic mass is 16.6. The Morgan fingerprint density at radius 3 is 2.76 bits per heavy atom. The van der Waals surface area contributed by atoms with Crippen LogP contribution >= 0.6 is 0 Å². The molecule has 0 saturated carbocycles. The number of carbonyl (C=O) groups is 1. The normalized spacial score (nSPS) is 33.4. The van der Waals surface area contributed by atoms with Gasteiger partial charge in [0, 0.05) is 19.4 Å². The molecule has 0 aromatic rings. The Balaban J connectivity index is 2.41. The molecule has 1 rings (SSSR count). The van der Waals surface area contributed by atoms with Crippen LogP contribution in [0.3, 0.4) is 0 Å². The molecular weight excluding hydrogens is 228 g/mol. The lowest BCUT2D eigenvalue weighted by Gasteiger charge is -2.36. The number of hydrogen-bond acceptors (Lipinski definition) is 6. The molecule has 0 aromatic heterocycles. The van der Waals surface area contributed by atoms with E-state index < -0.39 is 24.5 Å². The molecule has 100 valence electrons. The van der Waals surface area contributed by atoms with E-state index in [1.807, 2.05) is 0 Å². The third-order valence-corrected chi connectivity index (χ3v) is 2.71. The van der Waals surface area contributed by atoms with Crippen molar-refractivity contribution < 1.29 is 24.9 Å². The molecule has 0 radical (unpaired) electrons. The van der Waals surface area contributed by atoms with E-state index in [1.54, 1.807) is 7.05 Å². The minimum Gasteiger partial charge on any atom is -0.394 e. The van der Waals surface area contributed by atoms with Crippen molar-refractivity contribution in [3.63, 3.8) is 0 Å². The number of hydrogen-bond donors (Lipinski definition) is 5. The molecule has 1 aliphatic heterocycles. The second-order valence-corrected chi connectivity index (χ2v) is 4.08. The van der Waals surface area contributed by atoms with Crippen LogP contribution in [-0.2, 0) is 9.53 Å². The van der Waals surface area contributed by atoms with Gasteiger partial charge in [0.05, 0.1) is 18.8 Å². The molecule has 1 heterocycles. The van der Waals surface area contributed by atoms with Gasteiger partial charge in [-0.25, -0.2) is 0 Å². The number of rotatable bonds is 5. The summed E-state index contributed by atoms with van der Waals surface area (Å²) in [6, 6.07) is -0.642. The minimum absolute atomic E-state index is 0.164. The van der Waals surface area contributed by atoms with Gasteiger partial charge in [0.15, 0.2) is 6.29 Å². The summed E-state index contributed by atoms with van der Waals surface area (Å²) in [5.74, 6) is -0.221. The van der Waals surface area contributed by atoms with Gasteiger partial charge in [-0.1, -0.05) is 0 Å². The molecule has 1 amide bonds. The average Bonchev–Trinajstić information content (AvgIpc) is 2.30. The minimum atomic E-state index is -1.20. The first-order valence-electron chi connectivity index (χ1n) is 5.65. The second kappa shape index (κ2) is 6.87. The Morgan fingerprint density at radius 2 is 2.18 bits per heavy atom. The van der Waals surface area contributed by atoms with Gasteiger partial charge in [-0.2, -0.15) is 0 Å². The van der Waals surface area contributed by atoms with Crippen LogP contribution < -0.4 is 10.6 Å². The largest absolute Gasteiger partial charge is 0.394 e. The Bertz CT molecular complexity index is 251. The van der Waals surface area contributed by atoms with Gasteiger partial charge < -0.3 is 30.7 Å². The third-order valence-electron chi connectivity index (χ3n) is 2.71. The predicted molar refractivity (Wildman–Crippen MR) is 59.1 cm³/mol. The molecule has 1 aliphatic rings. The summed E-state index contributed by atoms with van der Waals surface area (Å²) in [4.78, 5) is 11.4. The van der Waals surface area contributed by atoms with Crippen molar-refractivity contribution in [2.24, 2.45) is 0 Å². The lowest BCUT2D eigenvalue weighted by atomic mass is 10.0. The van der Waals surface area contributed by atoms with E-state index in [0.29, 0.717) is 13.0 Å². The van der Waals surface area contributed by atoms with E-state index in [1.165, 1.54) is 0 Å². The van der Waals surface area contributed by atoms with Gasteiger partial charge in [-0.15, -0.1) is 0 Å². The average molecular weight is 248 g/mol. The standard InChI is InChI=1S/C10H20N2O5/c1-11-3-2-9(15)12-6-4-7(14)8(5-13)17-10(6)16/h6-8,10-11,13-14,16H,2-5H2,1H3,(H,12,15)/t6-,7?,8?,10?/m0/s1. The lowest BCUT2D eigenvalue weighted by Crippen LogP contribution is -2.55. The van der Waals surface area contributed by atoms with Crippen molar-refractivity contribution in [1.82, 2.24) is 10.6 Å². The molecule has 1 fully saturated rings. The van der Waals surface area contributed by atoms with Crippen LogP contribution in [-0.4, -0.2) is 66.0 Å². The van der Waals surface area contributed by atoms with Crippen molar-refractivity contribution in [3.8, 4) is 0 Å². The molecule has 0 aliphatic carbocycles. The first-order valence-corrected chi connectivity index (χ1v) is 5.65. The lowest BCUT2D eigenvalue weighted by molar-refractivity contribution is -0.221. The summed E-state index contributed by atoms with van der Waals surface area (Å²) in [6.07, 6.45) is -2.43. The molecule has 0 bridgehead atoms. The summed E-state index contributed by atoms with van der Waals surface area (Å²) >= 11 is 0. The summed E-state index contributed by atoms with van der Waals surface area (Å²) in [5, 5.41) is 33.5. The van der Waals surface area contributed by atoms with Crippen molar-refractivity contribution in [3.05, 3.63) is 0 Å². The molecular formula is C10H20N2O5. The highest BCUT2D eigenvalue weighted by Crippen LogP contribution is 2.18. The second-order valence-electron chi connectivity index (χ2n) is 4.08. The smallest absolute Gasteiger partial charge is 0.221 e. The van der Waals surface area contributed by atoms with Gasteiger partial charge in [-0.3, -0.25) is 4.79 Å². The van der Waals surface area contributed by atoms with E-state index in [-0.39, 0.29) is 18.9 Å². The van der Waals surface area contributed by atoms with Crippen LogP contribution in [0.1, 0.15) is 12.8 Å². The third kappa shape index (κ3) is 4.21. The number of amides is 1. The van der Waals surface area contributed by atoms with Crippen molar-refractivity contribution >= 4 is 5.91 Å². The van der Waals surface area contributed by atoms with Crippen LogP contribution in [0, 0.1) is 0 Å². The van der Waals surface area contributed by atoms with Gasteiger partial charge in [0.25, 0.3) is 0 Å². The number of carbonyl (C=O) groups excluding carboxylic acids is 1. The maximum Gasteiger partial charge on any atom is 0.221 e. The van der Waals surface area contributed by atoms with E-state index >= 15 is 0 Å². The van der Waals surface area contributed by atoms with E-state index in [9.17, 15) is 15.0 Å². The number of nitrogens with one attached hydrogen (secondary N) is 2. The van der Waals surface area contributed by atoms with Gasteiger partial charge in [0.2, 0.25) is 5.91 Å². The van der Waals surface area contributed by atoms with Gasteiger partial charge in [0.1, 0.15) is 6.10 Å². The van der Waals surface area contributed by atoms with Crippen LogP contribution in [0.2, 0.25) is 0 Å². The molecule has 1 saturated heterocycles. The van der Waals surface area contributed by atoms with Crippen LogP contribution in [0.15, 0.2) is 0 Å². The highest BCUT2D eigenvalue weighted by Gasteiger charge is 2.36. The van der Waals surface area contributed by atoms with Crippen LogP contribution in [0.25, 0.3) is 0 Å². The fraction of sp³-hybridized carbons (Fsp3) is 0.900. The Hall–Kier alpha value is -0.730. The quantitative estimate of drug-likeness (QED) is 0.369. The summed E-state index contributed by atoms with van der Waals surface area (Å²) < 4.78 is 4.99. The predicted octanol–water partition coefficient (Wildman–Crippen LogP) is -2.46. The number of ether oxygens (including phenoxy) is 1. The Morgan fingerprint density at radius 1 is 1.47 bits per heavy atom. The SMILES string of the molecule is CNCCC(=O)N[C@H]1CC(O)C(CO)OC1O. The first-order chi connectivity index (χ1) is 8.08. The molecule has 7 heteroatoms. The Labute approximate surface area is 99.8 Å². The zero-order valence-electron chi connectivity index (χ0n) is 9.80. The zero-order chi connectivity index (χ0) is 12.8. The van der Waals surface area contributed by atoms with Gasteiger partial charge in [-0.05, 0) is 7.05 Å². The molecule has 5 N–H and O–H groups in total. The number of aliphatic hydroxyl groups is 3.